The van der Waals surface area contributed by atoms with Crippen molar-refractivity contribution in [3.8, 4) is 0 Å². The Hall–Kier alpha value is -0.0400. The van der Waals surface area contributed by atoms with E-state index in [1.165, 1.54) is 57.9 Å². The van der Waals surface area contributed by atoms with E-state index < -0.39 is 0 Å². The first-order valence-corrected chi connectivity index (χ1v) is 6.58. The Bertz CT molecular complexity index is 101. The van der Waals surface area contributed by atoms with Gasteiger partial charge in [0.25, 0.3) is 0 Å². The third-order valence-electron chi connectivity index (χ3n) is 2.86. The zero-order valence-electron chi connectivity index (χ0n) is 10.4. The summed E-state index contributed by atoms with van der Waals surface area (Å²) in [6.45, 7) is 8.03. The highest BCUT2D eigenvalue weighted by Crippen LogP contribution is 2.07. The second kappa shape index (κ2) is 11.0. The van der Waals surface area contributed by atoms with E-state index in [4.69, 9.17) is 0 Å². The summed E-state index contributed by atoms with van der Waals surface area (Å²) in [5.41, 5.74) is 0. The van der Waals surface area contributed by atoms with Crippen LogP contribution in [0.2, 0.25) is 0 Å². The molecule has 0 rings (SSSR count). The Labute approximate surface area is 90.7 Å². The fourth-order valence-electron chi connectivity index (χ4n) is 1.75. The number of rotatable bonds is 10. The Morgan fingerprint density at radius 3 is 2.14 bits per heavy atom. The lowest BCUT2D eigenvalue weighted by Crippen LogP contribution is -2.29. The molecule has 0 aromatic carbocycles. The molecular weight excluding hydrogens is 170 g/mol. The van der Waals surface area contributed by atoms with Crippen molar-refractivity contribution in [1.82, 2.24) is 5.32 Å². The molecule has 0 amide bonds. The van der Waals surface area contributed by atoms with Crippen LogP contribution in [0.5, 0.6) is 0 Å². The number of hydrogen-bond donors (Lipinski definition) is 1. The quantitative estimate of drug-likeness (QED) is 0.522. The van der Waals surface area contributed by atoms with Crippen molar-refractivity contribution in [2.24, 2.45) is 0 Å². The van der Waals surface area contributed by atoms with Crippen molar-refractivity contribution >= 4 is 0 Å². The van der Waals surface area contributed by atoms with Crippen molar-refractivity contribution in [2.75, 3.05) is 6.54 Å². The maximum atomic E-state index is 3.65. The van der Waals surface area contributed by atoms with Gasteiger partial charge < -0.3 is 5.32 Å². The summed E-state index contributed by atoms with van der Waals surface area (Å²) < 4.78 is 0. The fraction of sp³-hybridized carbons (Fsp3) is 1.00. The van der Waals surface area contributed by atoms with Gasteiger partial charge in [-0.15, -0.1) is 0 Å². The molecule has 1 heteroatoms. The van der Waals surface area contributed by atoms with Crippen LogP contribution < -0.4 is 5.32 Å². The summed E-state index contributed by atoms with van der Waals surface area (Å²) in [5.74, 6) is 0. The molecule has 0 radical (unpaired) electrons. The second-order valence-corrected chi connectivity index (χ2v) is 4.26. The third-order valence-corrected chi connectivity index (χ3v) is 2.86. The largest absolute Gasteiger partial charge is 0.314 e. The summed E-state index contributed by atoms with van der Waals surface area (Å²) in [5, 5.41) is 3.65. The van der Waals surface area contributed by atoms with E-state index in [-0.39, 0.29) is 0 Å². The van der Waals surface area contributed by atoms with Crippen LogP contribution >= 0.6 is 0 Å². The molecule has 0 bridgehead atoms. The summed E-state index contributed by atoms with van der Waals surface area (Å²) >= 11 is 0. The first-order valence-electron chi connectivity index (χ1n) is 6.58. The van der Waals surface area contributed by atoms with Gasteiger partial charge in [-0.3, -0.25) is 0 Å². The minimum atomic E-state index is 0.776. The standard InChI is InChI=1S/C13H29N/c1-4-7-9-10-11-13(6-3)14-12-8-5-2/h13-14H,4-12H2,1-3H3. The van der Waals surface area contributed by atoms with Gasteiger partial charge in [-0.1, -0.05) is 52.9 Å². The van der Waals surface area contributed by atoms with Crippen molar-refractivity contribution < 1.29 is 0 Å². The van der Waals surface area contributed by atoms with E-state index in [0.717, 1.165) is 6.04 Å². The molecule has 86 valence electrons. The molecule has 0 heterocycles. The number of unbranched alkanes of at least 4 members (excludes halogenated alkanes) is 4. The molecule has 0 saturated heterocycles. The molecule has 0 saturated carbocycles. The first kappa shape index (κ1) is 14.0. The second-order valence-electron chi connectivity index (χ2n) is 4.26. The minimum absolute atomic E-state index is 0.776. The lowest BCUT2D eigenvalue weighted by Gasteiger charge is -2.16. The van der Waals surface area contributed by atoms with Gasteiger partial charge in [0.05, 0.1) is 0 Å². The Kier molecular flexibility index (Phi) is 11.0. The van der Waals surface area contributed by atoms with Crippen LogP contribution in [0, 0.1) is 0 Å². The molecule has 0 aliphatic heterocycles. The van der Waals surface area contributed by atoms with Crippen LogP contribution in [-0.4, -0.2) is 12.6 Å². The van der Waals surface area contributed by atoms with Crippen LogP contribution in [0.25, 0.3) is 0 Å². The van der Waals surface area contributed by atoms with E-state index in [1.807, 2.05) is 0 Å². The third kappa shape index (κ3) is 8.55. The van der Waals surface area contributed by atoms with Gasteiger partial charge in [0.2, 0.25) is 0 Å². The van der Waals surface area contributed by atoms with Crippen LogP contribution in [0.15, 0.2) is 0 Å². The molecule has 0 aromatic heterocycles. The SMILES string of the molecule is CCCCCCC(CC)NCCCC. The molecule has 0 spiro atoms. The zero-order chi connectivity index (χ0) is 10.6. The van der Waals surface area contributed by atoms with E-state index in [9.17, 15) is 0 Å². The molecule has 1 atom stereocenters. The molecule has 0 aliphatic carbocycles. The van der Waals surface area contributed by atoms with Gasteiger partial charge in [0, 0.05) is 6.04 Å². The Morgan fingerprint density at radius 2 is 1.57 bits per heavy atom. The van der Waals surface area contributed by atoms with Gasteiger partial charge in [-0.05, 0) is 25.8 Å². The molecule has 0 fully saturated rings. The number of nitrogens with one attached hydrogen (secondary N) is 1. The summed E-state index contributed by atoms with van der Waals surface area (Å²) in [7, 11) is 0. The van der Waals surface area contributed by atoms with Crippen molar-refractivity contribution in [3.63, 3.8) is 0 Å². The van der Waals surface area contributed by atoms with Gasteiger partial charge in [-0.2, -0.15) is 0 Å². The summed E-state index contributed by atoms with van der Waals surface area (Å²) in [6.07, 6.45) is 10.9. The van der Waals surface area contributed by atoms with Gasteiger partial charge in [-0.25, -0.2) is 0 Å². The molecule has 0 aromatic rings. The highest BCUT2D eigenvalue weighted by molar-refractivity contribution is 4.64. The predicted molar refractivity (Wildman–Crippen MR) is 65.7 cm³/mol. The topological polar surface area (TPSA) is 12.0 Å². The van der Waals surface area contributed by atoms with Crippen molar-refractivity contribution in [1.29, 1.82) is 0 Å². The predicted octanol–water partition coefficient (Wildman–Crippen LogP) is 4.13. The zero-order valence-corrected chi connectivity index (χ0v) is 10.4. The normalized spacial score (nSPS) is 13.1. The molecule has 14 heavy (non-hydrogen) atoms. The summed E-state index contributed by atoms with van der Waals surface area (Å²) in [4.78, 5) is 0. The molecule has 1 unspecified atom stereocenters. The van der Waals surface area contributed by atoms with Crippen molar-refractivity contribution in [2.45, 2.75) is 78.2 Å². The maximum Gasteiger partial charge on any atom is 0.00644 e. The maximum absolute atomic E-state index is 3.65. The first-order chi connectivity index (χ1) is 6.85. The van der Waals surface area contributed by atoms with E-state index in [2.05, 4.69) is 26.1 Å². The van der Waals surface area contributed by atoms with Gasteiger partial charge in [0.15, 0.2) is 0 Å². The Balaban J connectivity index is 3.28. The van der Waals surface area contributed by atoms with E-state index in [0.29, 0.717) is 0 Å². The lowest BCUT2D eigenvalue weighted by atomic mass is 10.1. The minimum Gasteiger partial charge on any atom is -0.314 e. The van der Waals surface area contributed by atoms with Crippen LogP contribution in [0.4, 0.5) is 0 Å². The van der Waals surface area contributed by atoms with Crippen molar-refractivity contribution in [3.05, 3.63) is 0 Å². The van der Waals surface area contributed by atoms with E-state index >= 15 is 0 Å². The average molecular weight is 199 g/mol. The lowest BCUT2D eigenvalue weighted by molar-refractivity contribution is 0.440. The number of hydrogen-bond acceptors (Lipinski definition) is 1. The molecule has 1 nitrogen and oxygen atoms in total. The molecule has 0 aliphatic rings. The summed E-state index contributed by atoms with van der Waals surface area (Å²) in [6, 6.07) is 0.776. The highest BCUT2D eigenvalue weighted by atomic mass is 14.9. The Morgan fingerprint density at radius 1 is 0.857 bits per heavy atom. The van der Waals surface area contributed by atoms with Gasteiger partial charge >= 0.3 is 0 Å². The van der Waals surface area contributed by atoms with Crippen LogP contribution in [0.1, 0.15) is 72.1 Å². The van der Waals surface area contributed by atoms with Crippen LogP contribution in [-0.2, 0) is 0 Å². The smallest absolute Gasteiger partial charge is 0.00644 e. The fourth-order valence-corrected chi connectivity index (χ4v) is 1.75. The average Bonchev–Trinajstić information content (AvgIpc) is 2.22. The molecular formula is C13H29N. The van der Waals surface area contributed by atoms with Gasteiger partial charge in [0.1, 0.15) is 0 Å². The molecule has 1 N–H and O–H groups in total. The van der Waals surface area contributed by atoms with E-state index in [1.54, 1.807) is 0 Å². The highest BCUT2D eigenvalue weighted by Gasteiger charge is 2.03. The van der Waals surface area contributed by atoms with Crippen LogP contribution in [0.3, 0.4) is 0 Å². The monoisotopic (exact) mass is 199 g/mol.